The van der Waals surface area contributed by atoms with Crippen LogP contribution in [0.5, 0.6) is 0 Å². The van der Waals surface area contributed by atoms with E-state index >= 15 is 0 Å². The summed E-state index contributed by atoms with van der Waals surface area (Å²) in [6, 6.07) is 1.89. The van der Waals surface area contributed by atoms with Crippen molar-refractivity contribution in [1.82, 2.24) is 14.9 Å². The summed E-state index contributed by atoms with van der Waals surface area (Å²) in [6.07, 6.45) is 1.55. The highest BCUT2D eigenvalue weighted by Gasteiger charge is 2.18. The standard InChI is InChI=1S/C12H22N6/c1-10(2)8-17-3-5-18(6-4-17)12-7-11(16-13)14-9-15-12/h7,9-10H,3-6,8,13H2,1-2H3,(H,14,15,16). The fourth-order valence-corrected chi connectivity index (χ4v) is 2.27. The SMILES string of the molecule is CC(C)CN1CCN(c2cc(NN)ncn2)CC1. The molecule has 1 fully saturated rings. The van der Waals surface area contributed by atoms with E-state index in [-0.39, 0.29) is 0 Å². The number of nitrogens with one attached hydrogen (secondary N) is 1. The van der Waals surface area contributed by atoms with Crippen LogP contribution in [0.4, 0.5) is 11.6 Å². The lowest BCUT2D eigenvalue weighted by molar-refractivity contribution is 0.231. The number of hydrogen-bond donors (Lipinski definition) is 2. The van der Waals surface area contributed by atoms with Crippen LogP contribution in [0, 0.1) is 5.92 Å². The van der Waals surface area contributed by atoms with Crippen molar-refractivity contribution in [2.45, 2.75) is 13.8 Å². The Morgan fingerprint density at radius 1 is 1.28 bits per heavy atom. The van der Waals surface area contributed by atoms with Crippen LogP contribution in [0.1, 0.15) is 13.8 Å². The lowest BCUT2D eigenvalue weighted by atomic mass is 10.2. The summed E-state index contributed by atoms with van der Waals surface area (Å²) in [7, 11) is 0. The third kappa shape index (κ3) is 3.30. The minimum absolute atomic E-state index is 0.657. The van der Waals surface area contributed by atoms with Gasteiger partial charge in [0.1, 0.15) is 18.0 Å². The largest absolute Gasteiger partial charge is 0.354 e. The number of piperazine rings is 1. The average Bonchev–Trinajstić information content (AvgIpc) is 2.39. The molecule has 0 spiro atoms. The van der Waals surface area contributed by atoms with Gasteiger partial charge in [0.2, 0.25) is 0 Å². The number of nitrogens with zero attached hydrogens (tertiary/aromatic N) is 4. The summed E-state index contributed by atoms with van der Waals surface area (Å²) in [5, 5.41) is 0. The molecule has 0 radical (unpaired) electrons. The number of aromatic nitrogens is 2. The molecule has 6 nitrogen and oxygen atoms in total. The van der Waals surface area contributed by atoms with Gasteiger partial charge in [0.25, 0.3) is 0 Å². The summed E-state index contributed by atoms with van der Waals surface area (Å²) in [5.41, 5.74) is 2.55. The Morgan fingerprint density at radius 2 is 2.00 bits per heavy atom. The molecule has 6 heteroatoms. The van der Waals surface area contributed by atoms with Crippen LogP contribution in [-0.4, -0.2) is 47.6 Å². The Labute approximate surface area is 108 Å². The summed E-state index contributed by atoms with van der Waals surface area (Å²) < 4.78 is 0. The minimum Gasteiger partial charge on any atom is -0.354 e. The first-order chi connectivity index (χ1) is 8.69. The van der Waals surface area contributed by atoms with Gasteiger partial charge < -0.3 is 10.3 Å². The van der Waals surface area contributed by atoms with Gasteiger partial charge in [-0.25, -0.2) is 15.8 Å². The zero-order chi connectivity index (χ0) is 13.0. The van der Waals surface area contributed by atoms with Crippen molar-refractivity contribution in [3.05, 3.63) is 12.4 Å². The van der Waals surface area contributed by atoms with Gasteiger partial charge in [-0.15, -0.1) is 0 Å². The Bertz CT molecular complexity index is 373. The van der Waals surface area contributed by atoms with Crippen molar-refractivity contribution in [2.24, 2.45) is 11.8 Å². The molecular formula is C12H22N6. The molecule has 1 aromatic heterocycles. The monoisotopic (exact) mass is 250 g/mol. The average molecular weight is 250 g/mol. The van der Waals surface area contributed by atoms with E-state index in [1.165, 1.54) is 6.54 Å². The second kappa shape index (κ2) is 5.97. The van der Waals surface area contributed by atoms with Crippen LogP contribution >= 0.6 is 0 Å². The van der Waals surface area contributed by atoms with Crippen LogP contribution in [0.15, 0.2) is 12.4 Å². The molecule has 3 N–H and O–H groups in total. The van der Waals surface area contributed by atoms with Crippen LogP contribution in [0.2, 0.25) is 0 Å². The molecule has 1 aliphatic rings. The highest BCUT2D eigenvalue weighted by Crippen LogP contribution is 2.16. The summed E-state index contributed by atoms with van der Waals surface area (Å²) in [4.78, 5) is 13.1. The minimum atomic E-state index is 0.657. The quantitative estimate of drug-likeness (QED) is 0.600. The molecule has 0 aliphatic carbocycles. The summed E-state index contributed by atoms with van der Waals surface area (Å²) in [6.45, 7) is 9.89. The maximum absolute atomic E-state index is 5.36. The molecule has 2 rings (SSSR count). The fraction of sp³-hybridized carbons (Fsp3) is 0.667. The van der Waals surface area contributed by atoms with E-state index in [9.17, 15) is 0 Å². The second-order valence-electron chi connectivity index (χ2n) is 5.09. The van der Waals surface area contributed by atoms with Gasteiger partial charge in [-0.2, -0.15) is 0 Å². The topological polar surface area (TPSA) is 70.3 Å². The van der Waals surface area contributed by atoms with Gasteiger partial charge in [0, 0.05) is 38.8 Å². The van der Waals surface area contributed by atoms with Crippen LogP contribution in [0.25, 0.3) is 0 Å². The predicted octanol–water partition coefficient (Wildman–Crippen LogP) is 0.540. The maximum atomic E-state index is 5.36. The molecule has 1 saturated heterocycles. The Morgan fingerprint density at radius 3 is 2.61 bits per heavy atom. The van der Waals surface area contributed by atoms with Gasteiger partial charge in [-0.3, -0.25) is 4.90 Å². The molecule has 0 amide bonds. The van der Waals surface area contributed by atoms with Crippen LogP contribution in [-0.2, 0) is 0 Å². The van der Waals surface area contributed by atoms with E-state index in [2.05, 4.69) is 39.0 Å². The molecule has 0 atom stereocenters. The van der Waals surface area contributed by atoms with Crippen molar-refractivity contribution >= 4 is 11.6 Å². The Kier molecular flexibility index (Phi) is 4.33. The number of nitrogen functional groups attached to an aromatic ring is 1. The molecule has 18 heavy (non-hydrogen) atoms. The number of anilines is 2. The van der Waals surface area contributed by atoms with Gasteiger partial charge in [0.15, 0.2) is 0 Å². The Balaban J connectivity index is 1.92. The molecule has 0 aromatic carbocycles. The third-order valence-electron chi connectivity index (χ3n) is 3.12. The fourth-order valence-electron chi connectivity index (χ4n) is 2.27. The smallest absolute Gasteiger partial charge is 0.145 e. The number of rotatable bonds is 4. The highest BCUT2D eigenvalue weighted by molar-refractivity contribution is 5.48. The van der Waals surface area contributed by atoms with Gasteiger partial charge in [-0.1, -0.05) is 13.8 Å². The van der Waals surface area contributed by atoms with E-state index in [4.69, 9.17) is 5.84 Å². The molecule has 2 heterocycles. The zero-order valence-electron chi connectivity index (χ0n) is 11.1. The van der Waals surface area contributed by atoms with E-state index in [1.807, 2.05) is 6.07 Å². The van der Waals surface area contributed by atoms with E-state index in [0.29, 0.717) is 5.82 Å². The molecular weight excluding hydrogens is 228 g/mol. The number of hydrazine groups is 1. The molecule has 0 unspecified atom stereocenters. The van der Waals surface area contributed by atoms with Gasteiger partial charge in [0.05, 0.1) is 0 Å². The Hall–Kier alpha value is -1.40. The number of hydrogen-bond acceptors (Lipinski definition) is 6. The van der Waals surface area contributed by atoms with Crippen molar-refractivity contribution < 1.29 is 0 Å². The lowest BCUT2D eigenvalue weighted by Gasteiger charge is -2.36. The van der Waals surface area contributed by atoms with Crippen molar-refractivity contribution in [2.75, 3.05) is 43.0 Å². The normalized spacial score (nSPS) is 17.2. The van der Waals surface area contributed by atoms with Crippen molar-refractivity contribution in [3.8, 4) is 0 Å². The van der Waals surface area contributed by atoms with E-state index in [0.717, 1.165) is 37.9 Å². The van der Waals surface area contributed by atoms with Crippen LogP contribution in [0.3, 0.4) is 0 Å². The second-order valence-corrected chi connectivity index (χ2v) is 5.09. The predicted molar refractivity (Wildman–Crippen MR) is 73.3 cm³/mol. The highest BCUT2D eigenvalue weighted by atomic mass is 15.3. The van der Waals surface area contributed by atoms with E-state index in [1.54, 1.807) is 6.33 Å². The van der Waals surface area contributed by atoms with Crippen molar-refractivity contribution in [3.63, 3.8) is 0 Å². The van der Waals surface area contributed by atoms with Gasteiger partial charge >= 0.3 is 0 Å². The third-order valence-corrected chi connectivity index (χ3v) is 3.12. The number of nitrogens with two attached hydrogens (primary N) is 1. The molecule has 0 saturated carbocycles. The van der Waals surface area contributed by atoms with Gasteiger partial charge in [-0.05, 0) is 5.92 Å². The van der Waals surface area contributed by atoms with Crippen molar-refractivity contribution in [1.29, 1.82) is 0 Å². The summed E-state index contributed by atoms with van der Waals surface area (Å²) >= 11 is 0. The van der Waals surface area contributed by atoms with Crippen LogP contribution < -0.4 is 16.2 Å². The molecule has 100 valence electrons. The molecule has 1 aliphatic heterocycles. The first-order valence-electron chi connectivity index (χ1n) is 6.45. The first kappa shape index (κ1) is 13.0. The first-order valence-corrected chi connectivity index (χ1v) is 6.45. The zero-order valence-corrected chi connectivity index (χ0v) is 11.1. The summed E-state index contributed by atoms with van der Waals surface area (Å²) in [5.74, 6) is 7.69. The molecule has 0 bridgehead atoms. The lowest BCUT2D eigenvalue weighted by Crippen LogP contribution is -2.47. The maximum Gasteiger partial charge on any atom is 0.145 e. The van der Waals surface area contributed by atoms with E-state index < -0.39 is 0 Å². The molecule has 1 aromatic rings.